The van der Waals surface area contributed by atoms with Crippen molar-refractivity contribution < 1.29 is 23.3 Å². The number of hydrogen-bond donors (Lipinski definition) is 1. The zero-order valence-electron chi connectivity index (χ0n) is 27.9. The van der Waals surface area contributed by atoms with Crippen LogP contribution in [0.3, 0.4) is 0 Å². The van der Waals surface area contributed by atoms with E-state index in [2.05, 4.69) is 51.3 Å². The topological polar surface area (TPSA) is 97.3 Å². The van der Waals surface area contributed by atoms with E-state index in [1.807, 2.05) is 12.1 Å². The molecule has 9 heteroatoms. The molecule has 1 N–H and O–H groups in total. The molecule has 2 aromatic carbocycles. The van der Waals surface area contributed by atoms with Gasteiger partial charge in [-0.05, 0) is 105 Å². The fraction of sp³-hybridized carbons (Fsp3) is 0.579. The van der Waals surface area contributed by atoms with E-state index < -0.39 is 15.8 Å². The van der Waals surface area contributed by atoms with Crippen molar-refractivity contribution in [3.63, 3.8) is 0 Å². The molecule has 2 saturated carbocycles. The van der Waals surface area contributed by atoms with Crippen molar-refractivity contribution in [1.29, 1.82) is 0 Å². The molecule has 0 saturated heterocycles. The molecule has 47 heavy (non-hydrogen) atoms. The highest BCUT2D eigenvalue weighted by Crippen LogP contribution is 2.47. The summed E-state index contributed by atoms with van der Waals surface area (Å²) in [5.74, 6) is 1.42. The van der Waals surface area contributed by atoms with Crippen LogP contribution in [0.5, 0.6) is 5.75 Å². The van der Waals surface area contributed by atoms with Gasteiger partial charge in [-0.2, -0.15) is 0 Å². The van der Waals surface area contributed by atoms with Crippen LogP contribution in [0, 0.1) is 24.7 Å². The van der Waals surface area contributed by atoms with Gasteiger partial charge >= 0.3 is 0 Å². The summed E-state index contributed by atoms with van der Waals surface area (Å²) in [5, 5.41) is 0. The normalized spacial score (nSPS) is 31.3. The van der Waals surface area contributed by atoms with Gasteiger partial charge in [-0.15, -0.1) is 4.36 Å². The van der Waals surface area contributed by atoms with Gasteiger partial charge in [0.15, 0.2) is 0 Å². The molecule has 2 aromatic rings. The summed E-state index contributed by atoms with van der Waals surface area (Å²) in [7, 11) is -1.52. The zero-order chi connectivity index (χ0) is 32.6. The lowest BCUT2D eigenvalue weighted by atomic mass is 9.68. The Morgan fingerprint density at radius 3 is 2.81 bits per heavy atom. The van der Waals surface area contributed by atoms with Crippen LogP contribution in [0.15, 0.2) is 52.9 Å². The van der Waals surface area contributed by atoms with E-state index in [1.54, 1.807) is 13.2 Å². The second-order valence-electron chi connectivity index (χ2n) is 14.7. The SMILES string of the molecule is CO[C@H]1/C=C/CCCS(=O)(NC(=O)CCC2CC2)=NC(=O)c2ccc3c(c2)N(C[C@@H]2CC[C@H]21)C[C@@]1(CCCc2cc(C)ccc21)CO3. The van der Waals surface area contributed by atoms with E-state index in [9.17, 15) is 13.8 Å². The van der Waals surface area contributed by atoms with Gasteiger partial charge in [0.25, 0.3) is 5.91 Å². The highest BCUT2D eigenvalue weighted by molar-refractivity contribution is 7.92. The number of ether oxygens (including phenoxy) is 2. The molecule has 1 unspecified atom stereocenters. The van der Waals surface area contributed by atoms with Crippen LogP contribution < -0.4 is 14.4 Å². The van der Waals surface area contributed by atoms with Gasteiger partial charge in [0.05, 0.1) is 24.2 Å². The number of amides is 2. The number of methoxy groups -OCH3 is 1. The van der Waals surface area contributed by atoms with Gasteiger partial charge in [0.2, 0.25) is 5.91 Å². The molecule has 2 aliphatic heterocycles. The molecular weight excluding hydrogens is 611 g/mol. The molecule has 2 amide bonds. The second-order valence-corrected chi connectivity index (χ2v) is 16.7. The standard InChI is InChI=1S/C38H49N3O5S/c1-26-9-16-32-28(21-26)7-6-19-38(32)24-41-23-30-13-15-31(30)34(45-2)8-4-3-5-20-47(44,39-36(42)18-12-27-10-11-27)40-37(43)29-14-17-35(46-25-38)33(41)22-29/h4,8-9,14,16-17,21-22,27,30-31,34H,3,5-7,10-13,15,18-20,23-25H2,1-2H3,(H,39,40,42,43,44)/b8-4+/t30-,31+,34-,38-,47?/m0/s1. The lowest BCUT2D eigenvalue weighted by Crippen LogP contribution is -2.49. The van der Waals surface area contributed by atoms with Crippen LogP contribution in [0.25, 0.3) is 0 Å². The van der Waals surface area contributed by atoms with Crippen LogP contribution in [0.1, 0.15) is 91.3 Å². The average Bonchev–Trinajstić information content (AvgIpc) is 3.88. The number of carbonyl (C=O) groups excluding carboxylic acids is 2. The van der Waals surface area contributed by atoms with Crippen molar-refractivity contribution in [3.8, 4) is 5.75 Å². The first-order chi connectivity index (χ1) is 22.7. The van der Waals surface area contributed by atoms with Crippen molar-refractivity contribution in [1.82, 2.24) is 4.72 Å². The van der Waals surface area contributed by atoms with E-state index in [4.69, 9.17) is 9.47 Å². The van der Waals surface area contributed by atoms with Crippen molar-refractivity contribution >= 4 is 27.4 Å². The molecule has 5 aliphatic rings. The number of carbonyl (C=O) groups is 2. The van der Waals surface area contributed by atoms with Crippen molar-refractivity contribution in [2.75, 3.05) is 37.5 Å². The smallest absolute Gasteiger partial charge is 0.286 e. The van der Waals surface area contributed by atoms with Crippen molar-refractivity contribution in [3.05, 3.63) is 70.8 Å². The Labute approximate surface area is 280 Å². The van der Waals surface area contributed by atoms with Crippen molar-refractivity contribution in [2.24, 2.45) is 22.1 Å². The number of nitrogens with zero attached hydrogens (tertiary/aromatic N) is 2. The summed E-state index contributed by atoms with van der Waals surface area (Å²) in [4.78, 5) is 29.1. The molecule has 252 valence electrons. The summed E-state index contributed by atoms with van der Waals surface area (Å²) in [6, 6.07) is 12.3. The number of benzene rings is 2. The summed E-state index contributed by atoms with van der Waals surface area (Å²) < 4.78 is 33.7. The van der Waals surface area contributed by atoms with Crippen LogP contribution >= 0.6 is 0 Å². The van der Waals surface area contributed by atoms with Crippen molar-refractivity contribution in [2.45, 2.75) is 89.1 Å². The predicted molar refractivity (Wildman–Crippen MR) is 185 cm³/mol. The van der Waals surface area contributed by atoms with E-state index in [0.717, 1.165) is 75.9 Å². The largest absolute Gasteiger partial charge is 0.490 e. The molecule has 0 aromatic heterocycles. The number of fused-ring (bicyclic) bond motifs is 4. The van der Waals surface area contributed by atoms with Crippen LogP contribution in [0.2, 0.25) is 0 Å². The monoisotopic (exact) mass is 659 g/mol. The lowest BCUT2D eigenvalue weighted by molar-refractivity contribution is -0.119. The quantitative estimate of drug-likeness (QED) is 0.360. The molecule has 3 aliphatic carbocycles. The fourth-order valence-electron chi connectivity index (χ4n) is 8.24. The average molecular weight is 660 g/mol. The molecule has 2 heterocycles. The van der Waals surface area contributed by atoms with E-state index >= 15 is 0 Å². The Morgan fingerprint density at radius 1 is 1.15 bits per heavy atom. The first-order valence-electron chi connectivity index (χ1n) is 17.7. The fourth-order valence-corrected chi connectivity index (χ4v) is 9.87. The molecule has 5 atom stereocenters. The summed E-state index contributed by atoms with van der Waals surface area (Å²) in [5.41, 5.74) is 5.14. The molecule has 7 rings (SSSR count). The predicted octanol–water partition coefficient (Wildman–Crippen LogP) is 6.69. The van der Waals surface area contributed by atoms with Crippen LogP contribution in [-0.4, -0.2) is 54.7 Å². The molecular formula is C38H49N3O5S. The zero-order valence-corrected chi connectivity index (χ0v) is 28.7. The van der Waals surface area contributed by atoms with E-state index in [0.29, 0.717) is 49.2 Å². The maximum Gasteiger partial charge on any atom is 0.286 e. The number of anilines is 1. The number of nitrogens with one attached hydrogen (secondary N) is 1. The molecule has 2 bridgehead atoms. The lowest BCUT2D eigenvalue weighted by Gasteiger charge is -2.46. The third-order valence-electron chi connectivity index (χ3n) is 11.2. The maximum absolute atomic E-state index is 14.1. The Hall–Kier alpha value is -3.17. The molecule has 2 fully saturated rings. The number of allylic oxidation sites excluding steroid dienone is 1. The summed E-state index contributed by atoms with van der Waals surface area (Å²) in [6.07, 6.45) is 14.3. The van der Waals surface area contributed by atoms with Gasteiger partial charge in [-0.3, -0.25) is 14.3 Å². The number of aryl methyl sites for hydroxylation is 2. The third-order valence-corrected chi connectivity index (χ3v) is 13.1. The highest BCUT2D eigenvalue weighted by atomic mass is 32.2. The minimum absolute atomic E-state index is 0.000721. The Kier molecular flexibility index (Phi) is 9.22. The summed E-state index contributed by atoms with van der Waals surface area (Å²) >= 11 is 0. The Bertz CT molecular complexity index is 1680. The van der Waals surface area contributed by atoms with Gasteiger partial charge in [-0.25, -0.2) is 4.21 Å². The van der Waals surface area contributed by atoms with E-state index in [-0.39, 0.29) is 23.2 Å². The van der Waals surface area contributed by atoms with Crippen LogP contribution in [-0.2, 0) is 31.3 Å². The number of rotatable bonds is 5. The van der Waals surface area contributed by atoms with Gasteiger partial charge in [0, 0.05) is 37.6 Å². The first-order valence-corrected chi connectivity index (χ1v) is 19.3. The minimum Gasteiger partial charge on any atom is -0.490 e. The molecule has 8 nitrogen and oxygen atoms in total. The van der Waals surface area contributed by atoms with Gasteiger partial charge < -0.3 is 14.4 Å². The maximum atomic E-state index is 14.1. The van der Waals surface area contributed by atoms with Crippen LogP contribution in [0.4, 0.5) is 5.69 Å². The van der Waals surface area contributed by atoms with E-state index in [1.165, 1.54) is 16.7 Å². The van der Waals surface area contributed by atoms with Gasteiger partial charge in [0.1, 0.15) is 15.7 Å². The minimum atomic E-state index is -3.30. The number of hydrogen-bond acceptors (Lipinski definition) is 6. The second kappa shape index (κ2) is 13.4. The molecule has 0 radical (unpaired) electrons. The Balaban J connectivity index is 1.26. The highest BCUT2D eigenvalue weighted by Gasteiger charge is 2.44. The summed E-state index contributed by atoms with van der Waals surface area (Å²) in [6.45, 7) is 4.35. The Morgan fingerprint density at radius 2 is 2.02 bits per heavy atom. The first kappa shape index (κ1) is 32.4. The third kappa shape index (κ3) is 7.02. The van der Waals surface area contributed by atoms with Gasteiger partial charge in [-0.1, -0.05) is 48.8 Å². The molecule has 1 spiro atoms.